The predicted molar refractivity (Wildman–Crippen MR) is 55.9 cm³/mol. The Morgan fingerprint density at radius 2 is 2.27 bits per heavy atom. The largest absolute Gasteiger partial charge is 0.395 e. The number of rotatable bonds is 3. The van der Waals surface area contributed by atoms with Crippen LogP contribution in [0.15, 0.2) is 12.4 Å². The molecule has 2 aromatic rings. The molecule has 80 valence electrons. The number of likely N-dealkylation sites (N-methyl/N-ethyl adjacent to an activating group) is 1. The highest BCUT2D eigenvalue weighted by Crippen LogP contribution is 2.15. The number of aryl methyl sites for hydroxylation is 1. The Morgan fingerprint density at radius 3 is 3.00 bits per heavy atom. The second kappa shape index (κ2) is 3.82. The van der Waals surface area contributed by atoms with Gasteiger partial charge in [0.1, 0.15) is 5.82 Å². The fourth-order valence-electron chi connectivity index (χ4n) is 1.45. The Bertz CT molecular complexity index is 466. The maximum Gasteiger partial charge on any atom is 0.203 e. The summed E-state index contributed by atoms with van der Waals surface area (Å²) >= 11 is 0. The number of hydrogen-bond acceptors (Lipinski definition) is 5. The van der Waals surface area contributed by atoms with E-state index in [0.29, 0.717) is 12.2 Å². The second-order valence-electron chi connectivity index (χ2n) is 3.34. The van der Waals surface area contributed by atoms with Crippen molar-refractivity contribution in [2.75, 3.05) is 25.1 Å². The van der Waals surface area contributed by atoms with Gasteiger partial charge in [-0.3, -0.25) is 4.40 Å². The minimum atomic E-state index is 0.0896. The molecule has 0 aromatic carbocycles. The molecule has 0 unspecified atom stereocenters. The quantitative estimate of drug-likeness (QED) is 0.759. The van der Waals surface area contributed by atoms with Crippen molar-refractivity contribution in [3.05, 3.63) is 18.2 Å². The predicted octanol–water partition coefficient (Wildman–Crippen LogP) is -0.139. The monoisotopic (exact) mass is 207 g/mol. The van der Waals surface area contributed by atoms with E-state index in [9.17, 15) is 0 Å². The molecule has 0 bridgehead atoms. The SMILES string of the molecule is Cc1nnc2c(N(C)CCO)nccn12. The lowest BCUT2D eigenvalue weighted by Crippen LogP contribution is -2.23. The summed E-state index contributed by atoms with van der Waals surface area (Å²) in [5.41, 5.74) is 0.714. The maximum atomic E-state index is 8.86. The standard InChI is InChI=1S/C9H13N5O/c1-7-11-12-9-8(13(2)5-6-15)10-3-4-14(7)9/h3-4,15H,5-6H2,1-2H3. The van der Waals surface area contributed by atoms with Crippen LogP contribution < -0.4 is 4.90 Å². The molecule has 2 aromatic heterocycles. The average molecular weight is 207 g/mol. The summed E-state index contributed by atoms with van der Waals surface area (Å²) in [5, 5.41) is 16.9. The number of aliphatic hydroxyl groups excluding tert-OH is 1. The summed E-state index contributed by atoms with van der Waals surface area (Å²) in [6.45, 7) is 2.50. The van der Waals surface area contributed by atoms with Crippen LogP contribution in [-0.4, -0.2) is 44.9 Å². The summed E-state index contributed by atoms with van der Waals surface area (Å²) in [5.74, 6) is 1.55. The van der Waals surface area contributed by atoms with Gasteiger partial charge in [-0.15, -0.1) is 10.2 Å². The first-order valence-electron chi connectivity index (χ1n) is 4.72. The molecule has 2 heterocycles. The van der Waals surface area contributed by atoms with E-state index in [0.717, 1.165) is 11.6 Å². The summed E-state index contributed by atoms with van der Waals surface area (Å²) in [7, 11) is 1.86. The van der Waals surface area contributed by atoms with Crippen molar-refractivity contribution in [1.29, 1.82) is 0 Å². The Hall–Kier alpha value is -1.69. The van der Waals surface area contributed by atoms with Crippen LogP contribution in [0.3, 0.4) is 0 Å². The minimum Gasteiger partial charge on any atom is -0.395 e. The fourth-order valence-corrected chi connectivity index (χ4v) is 1.45. The second-order valence-corrected chi connectivity index (χ2v) is 3.34. The average Bonchev–Trinajstić information content (AvgIpc) is 2.61. The van der Waals surface area contributed by atoms with Gasteiger partial charge in [-0.05, 0) is 6.92 Å². The molecule has 0 fully saturated rings. The first-order valence-corrected chi connectivity index (χ1v) is 4.72. The van der Waals surface area contributed by atoms with Crippen molar-refractivity contribution in [3.63, 3.8) is 0 Å². The van der Waals surface area contributed by atoms with E-state index in [1.54, 1.807) is 6.20 Å². The van der Waals surface area contributed by atoms with E-state index in [4.69, 9.17) is 5.11 Å². The smallest absolute Gasteiger partial charge is 0.203 e. The first kappa shape index (κ1) is 9.85. The molecule has 0 atom stereocenters. The van der Waals surface area contributed by atoms with E-state index >= 15 is 0 Å². The summed E-state index contributed by atoms with van der Waals surface area (Å²) in [6.07, 6.45) is 3.52. The van der Waals surface area contributed by atoms with E-state index in [-0.39, 0.29) is 6.61 Å². The fraction of sp³-hybridized carbons (Fsp3) is 0.444. The van der Waals surface area contributed by atoms with Gasteiger partial charge in [0.05, 0.1) is 6.61 Å². The van der Waals surface area contributed by atoms with Crippen LogP contribution in [0, 0.1) is 6.92 Å². The maximum absolute atomic E-state index is 8.86. The molecule has 1 N–H and O–H groups in total. The number of anilines is 1. The van der Waals surface area contributed by atoms with Gasteiger partial charge in [-0.2, -0.15) is 0 Å². The van der Waals surface area contributed by atoms with Gasteiger partial charge < -0.3 is 10.0 Å². The van der Waals surface area contributed by atoms with Crippen LogP contribution in [-0.2, 0) is 0 Å². The highest BCUT2D eigenvalue weighted by Gasteiger charge is 2.10. The molecule has 0 amide bonds. The van der Waals surface area contributed by atoms with Crippen LogP contribution in [0.25, 0.3) is 5.65 Å². The Balaban J connectivity index is 2.51. The molecule has 15 heavy (non-hydrogen) atoms. The van der Waals surface area contributed by atoms with Gasteiger partial charge in [-0.1, -0.05) is 0 Å². The van der Waals surface area contributed by atoms with E-state index in [2.05, 4.69) is 15.2 Å². The Morgan fingerprint density at radius 1 is 1.47 bits per heavy atom. The van der Waals surface area contributed by atoms with Crippen LogP contribution in [0.4, 0.5) is 5.82 Å². The molecular formula is C9H13N5O. The first-order chi connectivity index (χ1) is 7.24. The number of aromatic nitrogens is 4. The molecule has 6 nitrogen and oxygen atoms in total. The lowest BCUT2D eigenvalue weighted by atomic mass is 10.5. The van der Waals surface area contributed by atoms with Crippen molar-refractivity contribution in [1.82, 2.24) is 19.6 Å². The van der Waals surface area contributed by atoms with Gasteiger partial charge >= 0.3 is 0 Å². The van der Waals surface area contributed by atoms with E-state index in [1.807, 2.05) is 29.5 Å². The van der Waals surface area contributed by atoms with Crippen molar-refractivity contribution < 1.29 is 5.11 Å². The van der Waals surface area contributed by atoms with Gasteiger partial charge in [0.2, 0.25) is 5.65 Å². The van der Waals surface area contributed by atoms with E-state index < -0.39 is 0 Å². The lowest BCUT2D eigenvalue weighted by molar-refractivity contribution is 0.304. The molecule has 0 radical (unpaired) electrons. The van der Waals surface area contributed by atoms with Crippen molar-refractivity contribution in [2.24, 2.45) is 0 Å². The highest BCUT2D eigenvalue weighted by atomic mass is 16.3. The van der Waals surface area contributed by atoms with Gasteiger partial charge in [-0.25, -0.2) is 4.98 Å². The van der Waals surface area contributed by atoms with Crippen LogP contribution >= 0.6 is 0 Å². The molecule has 0 aliphatic carbocycles. The number of aliphatic hydroxyl groups is 1. The third-order valence-electron chi connectivity index (χ3n) is 2.28. The summed E-state index contributed by atoms with van der Waals surface area (Å²) in [6, 6.07) is 0. The molecule has 0 aliphatic heterocycles. The van der Waals surface area contributed by atoms with Crippen LogP contribution in [0.2, 0.25) is 0 Å². The molecule has 0 spiro atoms. The van der Waals surface area contributed by atoms with Gasteiger partial charge in [0, 0.05) is 26.0 Å². The zero-order valence-electron chi connectivity index (χ0n) is 8.75. The third-order valence-corrected chi connectivity index (χ3v) is 2.28. The third kappa shape index (κ3) is 1.63. The van der Waals surface area contributed by atoms with Gasteiger partial charge in [0.25, 0.3) is 0 Å². The van der Waals surface area contributed by atoms with Crippen molar-refractivity contribution in [3.8, 4) is 0 Å². The normalized spacial score (nSPS) is 10.9. The van der Waals surface area contributed by atoms with Crippen molar-refractivity contribution in [2.45, 2.75) is 6.92 Å². The molecule has 2 rings (SSSR count). The molecule has 0 saturated carbocycles. The Kier molecular flexibility index (Phi) is 2.51. The van der Waals surface area contributed by atoms with E-state index in [1.165, 1.54) is 0 Å². The summed E-state index contributed by atoms with van der Waals surface area (Å²) in [4.78, 5) is 6.08. The lowest BCUT2D eigenvalue weighted by Gasteiger charge is -2.16. The zero-order valence-corrected chi connectivity index (χ0v) is 8.75. The number of fused-ring (bicyclic) bond motifs is 1. The zero-order chi connectivity index (χ0) is 10.8. The number of nitrogens with zero attached hydrogens (tertiary/aromatic N) is 5. The molecular weight excluding hydrogens is 194 g/mol. The Labute approximate surface area is 87.2 Å². The topological polar surface area (TPSA) is 66.5 Å². The van der Waals surface area contributed by atoms with Crippen molar-refractivity contribution >= 4 is 11.5 Å². The van der Waals surface area contributed by atoms with Gasteiger partial charge in [0.15, 0.2) is 5.82 Å². The van der Waals surface area contributed by atoms with Crippen LogP contribution in [0.5, 0.6) is 0 Å². The highest BCUT2D eigenvalue weighted by molar-refractivity contribution is 5.63. The number of hydrogen-bond donors (Lipinski definition) is 1. The minimum absolute atomic E-state index is 0.0896. The molecule has 0 saturated heterocycles. The van der Waals surface area contributed by atoms with Crippen LogP contribution in [0.1, 0.15) is 5.82 Å². The molecule has 0 aliphatic rings. The summed E-state index contributed by atoms with van der Waals surface area (Å²) < 4.78 is 1.87. The molecule has 6 heteroatoms.